The van der Waals surface area contributed by atoms with Crippen molar-refractivity contribution < 1.29 is 4.79 Å². The van der Waals surface area contributed by atoms with E-state index in [1.807, 2.05) is 30.0 Å². The number of benzene rings is 1. The minimum Gasteiger partial charge on any atom is -0.331 e. The number of nitrogens with zero attached hydrogens (tertiary/aromatic N) is 1. The van der Waals surface area contributed by atoms with Crippen LogP contribution in [-0.4, -0.2) is 36.0 Å². The molecule has 0 saturated carbocycles. The van der Waals surface area contributed by atoms with Crippen LogP contribution in [0.3, 0.4) is 0 Å². The van der Waals surface area contributed by atoms with Crippen LogP contribution in [0, 0.1) is 6.92 Å². The lowest BCUT2D eigenvalue weighted by Gasteiger charge is -2.43. The predicted octanol–water partition coefficient (Wildman–Crippen LogP) is 2.47. The Bertz CT molecular complexity index is 471. The van der Waals surface area contributed by atoms with Crippen molar-refractivity contribution in [1.82, 2.24) is 10.2 Å². The van der Waals surface area contributed by atoms with Crippen molar-refractivity contribution in [2.24, 2.45) is 0 Å². The first-order chi connectivity index (χ1) is 8.42. The van der Waals surface area contributed by atoms with Crippen LogP contribution >= 0.6 is 11.6 Å². The highest BCUT2D eigenvalue weighted by molar-refractivity contribution is 6.33. The first-order valence-corrected chi connectivity index (χ1v) is 6.58. The average molecular weight is 267 g/mol. The maximum absolute atomic E-state index is 12.6. The summed E-state index contributed by atoms with van der Waals surface area (Å²) in [5.41, 5.74) is 1.48. The van der Waals surface area contributed by atoms with Gasteiger partial charge in [-0.15, -0.1) is 0 Å². The molecule has 1 amide bonds. The summed E-state index contributed by atoms with van der Waals surface area (Å²) in [5.74, 6) is 0.0199. The Hall–Kier alpha value is -1.06. The normalized spacial score (nSPS) is 18.8. The highest BCUT2D eigenvalue weighted by Crippen LogP contribution is 2.24. The van der Waals surface area contributed by atoms with Gasteiger partial charge < -0.3 is 10.2 Å². The van der Waals surface area contributed by atoms with E-state index < -0.39 is 0 Å². The smallest absolute Gasteiger partial charge is 0.255 e. The lowest BCUT2D eigenvalue weighted by Crippen LogP contribution is -2.59. The molecule has 1 aromatic rings. The van der Waals surface area contributed by atoms with E-state index in [2.05, 4.69) is 19.2 Å². The number of nitrogens with one attached hydrogen (secondary N) is 1. The van der Waals surface area contributed by atoms with Crippen LogP contribution < -0.4 is 5.32 Å². The molecule has 18 heavy (non-hydrogen) atoms. The largest absolute Gasteiger partial charge is 0.331 e. The molecule has 0 radical (unpaired) electrons. The molecule has 1 aliphatic rings. The van der Waals surface area contributed by atoms with Crippen LogP contribution in [-0.2, 0) is 0 Å². The zero-order valence-corrected chi connectivity index (χ0v) is 11.8. The summed E-state index contributed by atoms with van der Waals surface area (Å²) >= 11 is 6.17. The summed E-state index contributed by atoms with van der Waals surface area (Å²) in [6.45, 7) is 8.46. The number of carbonyl (C=O) groups is 1. The Morgan fingerprint density at radius 1 is 1.44 bits per heavy atom. The van der Waals surface area contributed by atoms with Crippen molar-refractivity contribution in [1.29, 1.82) is 0 Å². The molecule has 98 valence electrons. The summed E-state index contributed by atoms with van der Waals surface area (Å²) < 4.78 is 0. The first kappa shape index (κ1) is 13.4. The van der Waals surface area contributed by atoms with Gasteiger partial charge in [0.05, 0.1) is 16.1 Å². The third-order valence-electron chi connectivity index (χ3n) is 3.40. The number of piperazine rings is 1. The Morgan fingerprint density at radius 3 is 2.78 bits per heavy atom. The number of aryl methyl sites for hydroxylation is 1. The molecule has 0 bridgehead atoms. The third kappa shape index (κ3) is 2.52. The molecular formula is C14H19ClN2O. The third-order valence-corrected chi connectivity index (χ3v) is 3.71. The van der Waals surface area contributed by atoms with Crippen molar-refractivity contribution in [2.75, 3.05) is 19.6 Å². The molecule has 1 saturated heterocycles. The van der Waals surface area contributed by atoms with Crippen LogP contribution in [0.1, 0.15) is 29.8 Å². The van der Waals surface area contributed by atoms with Crippen LogP contribution in [0.2, 0.25) is 5.02 Å². The molecule has 4 heteroatoms. The van der Waals surface area contributed by atoms with Crippen LogP contribution in [0.15, 0.2) is 18.2 Å². The molecule has 1 fully saturated rings. The lowest BCUT2D eigenvalue weighted by molar-refractivity contribution is 0.0477. The molecule has 0 atom stereocenters. The molecular weight excluding hydrogens is 248 g/mol. The van der Waals surface area contributed by atoms with Gasteiger partial charge in [-0.2, -0.15) is 0 Å². The van der Waals surface area contributed by atoms with Gasteiger partial charge in [0.1, 0.15) is 0 Å². The lowest BCUT2D eigenvalue weighted by atomic mass is 9.98. The quantitative estimate of drug-likeness (QED) is 0.847. The summed E-state index contributed by atoms with van der Waals surface area (Å²) in [6.07, 6.45) is 0. The number of rotatable bonds is 1. The second-order valence-corrected chi connectivity index (χ2v) is 5.84. The van der Waals surface area contributed by atoms with E-state index in [0.717, 1.165) is 25.2 Å². The van der Waals surface area contributed by atoms with Gasteiger partial charge in [0.15, 0.2) is 0 Å². The van der Waals surface area contributed by atoms with Crippen molar-refractivity contribution in [2.45, 2.75) is 26.3 Å². The number of amides is 1. The molecule has 1 aliphatic heterocycles. The van der Waals surface area contributed by atoms with Crippen molar-refractivity contribution in [3.8, 4) is 0 Å². The topological polar surface area (TPSA) is 32.3 Å². The fourth-order valence-corrected chi connectivity index (χ4v) is 2.61. The zero-order valence-electron chi connectivity index (χ0n) is 11.1. The Labute approximate surface area is 113 Å². The Balaban J connectivity index is 2.30. The van der Waals surface area contributed by atoms with E-state index in [1.165, 1.54) is 0 Å². The molecule has 1 heterocycles. The fraction of sp³-hybridized carbons (Fsp3) is 0.500. The zero-order chi connectivity index (χ0) is 13.3. The van der Waals surface area contributed by atoms with Gasteiger partial charge in [-0.3, -0.25) is 4.79 Å². The Kier molecular flexibility index (Phi) is 3.64. The highest BCUT2D eigenvalue weighted by atomic mass is 35.5. The van der Waals surface area contributed by atoms with Gasteiger partial charge >= 0.3 is 0 Å². The van der Waals surface area contributed by atoms with E-state index in [9.17, 15) is 4.79 Å². The van der Waals surface area contributed by atoms with Gasteiger partial charge in [0.25, 0.3) is 5.91 Å². The second-order valence-electron chi connectivity index (χ2n) is 5.43. The molecule has 0 aliphatic carbocycles. The summed E-state index contributed by atoms with van der Waals surface area (Å²) in [5, 5.41) is 3.84. The van der Waals surface area contributed by atoms with E-state index >= 15 is 0 Å². The van der Waals surface area contributed by atoms with E-state index in [-0.39, 0.29) is 11.4 Å². The standard InChI is InChI=1S/C14H19ClN2O/c1-10-4-5-11(12(15)8-10)13(18)17-7-6-16-9-14(17,2)3/h4-5,8,16H,6-7,9H2,1-3H3. The van der Waals surface area contributed by atoms with Crippen LogP contribution in [0.4, 0.5) is 0 Å². The van der Waals surface area contributed by atoms with Crippen molar-refractivity contribution in [3.05, 3.63) is 34.3 Å². The fourth-order valence-electron chi connectivity index (χ4n) is 2.30. The second kappa shape index (κ2) is 4.90. The molecule has 0 unspecified atom stereocenters. The minimum absolute atomic E-state index is 0.0199. The Morgan fingerprint density at radius 2 is 2.17 bits per heavy atom. The van der Waals surface area contributed by atoms with E-state index in [0.29, 0.717) is 10.6 Å². The van der Waals surface area contributed by atoms with Crippen molar-refractivity contribution in [3.63, 3.8) is 0 Å². The number of hydrogen-bond acceptors (Lipinski definition) is 2. The van der Waals surface area contributed by atoms with E-state index in [1.54, 1.807) is 0 Å². The summed E-state index contributed by atoms with van der Waals surface area (Å²) in [7, 11) is 0. The first-order valence-electron chi connectivity index (χ1n) is 6.21. The molecule has 0 spiro atoms. The van der Waals surface area contributed by atoms with Crippen LogP contribution in [0.5, 0.6) is 0 Å². The molecule has 1 aromatic carbocycles. The molecule has 3 nitrogen and oxygen atoms in total. The minimum atomic E-state index is -0.177. The van der Waals surface area contributed by atoms with Crippen LogP contribution in [0.25, 0.3) is 0 Å². The summed E-state index contributed by atoms with van der Waals surface area (Å²) in [6, 6.07) is 5.58. The maximum atomic E-state index is 12.6. The van der Waals surface area contributed by atoms with Gasteiger partial charge in [-0.25, -0.2) is 0 Å². The van der Waals surface area contributed by atoms with E-state index in [4.69, 9.17) is 11.6 Å². The number of hydrogen-bond donors (Lipinski definition) is 1. The van der Waals surface area contributed by atoms with Gasteiger partial charge in [-0.1, -0.05) is 17.7 Å². The van der Waals surface area contributed by atoms with Gasteiger partial charge in [0, 0.05) is 19.6 Å². The predicted molar refractivity (Wildman–Crippen MR) is 74.2 cm³/mol. The highest BCUT2D eigenvalue weighted by Gasteiger charge is 2.34. The number of halogens is 1. The monoisotopic (exact) mass is 266 g/mol. The van der Waals surface area contributed by atoms with Gasteiger partial charge in [0.2, 0.25) is 0 Å². The average Bonchev–Trinajstić information content (AvgIpc) is 2.27. The molecule has 1 N–H and O–H groups in total. The molecule has 0 aromatic heterocycles. The SMILES string of the molecule is Cc1ccc(C(=O)N2CCNCC2(C)C)c(Cl)c1. The van der Waals surface area contributed by atoms with Gasteiger partial charge in [-0.05, 0) is 38.5 Å². The summed E-state index contributed by atoms with van der Waals surface area (Å²) in [4.78, 5) is 14.5. The number of carbonyl (C=O) groups excluding carboxylic acids is 1. The van der Waals surface area contributed by atoms with Crippen molar-refractivity contribution >= 4 is 17.5 Å². The maximum Gasteiger partial charge on any atom is 0.255 e. The molecule has 2 rings (SSSR count).